The van der Waals surface area contributed by atoms with Crippen molar-refractivity contribution in [2.75, 3.05) is 7.11 Å². The second-order valence-corrected chi connectivity index (χ2v) is 9.47. The maximum atomic E-state index is 13.3. The van der Waals surface area contributed by atoms with Crippen molar-refractivity contribution < 1.29 is 43.2 Å². The molecule has 2 rings (SSSR count). The first-order valence-electron chi connectivity index (χ1n) is 9.76. The normalized spacial score (nSPS) is 27.5. The molecule has 1 aliphatic carbocycles. The minimum Gasteiger partial charge on any atom is -0.467 e. The average molecular weight is 416 g/mol. The van der Waals surface area contributed by atoms with Crippen LogP contribution in [0.15, 0.2) is 0 Å². The van der Waals surface area contributed by atoms with Gasteiger partial charge in [0.1, 0.15) is 11.2 Å². The summed E-state index contributed by atoms with van der Waals surface area (Å²) in [6, 6.07) is 0. The second kappa shape index (κ2) is 7.85. The molecule has 0 unspecified atom stereocenters. The number of esters is 3. The van der Waals surface area contributed by atoms with Crippen molar-refractivity contribution in [2.24, 2.45) is 0 Å². The number of hydrogen-bond acceptors (Lipinski definition) is 9. The van der Waals surface area contributed by atoms with Crippen LogP contribution in [0.5, 0.6) is 0 Å². The van der Waals surface area contributed by atoms with Crippen LogP contribution >= 0.6 is 0 Å². The average Bonchev–Trinajstić information content (AvgIpc) is 3.16. The van der Waals surface area contributed by atoms with E-state index in [0.717, 1.165) is 20.0 Å². The topological polar surface area (TPSA) is 118 Å². The van der Waals surface area contributed by atoms with Gasteiger partial charge in [0.15, 0.2) is 11.9 Å². The van der Waals surface area contributed by atoms with Crippen LogP contribution in [0.1, 0.15) is 67.2 Å². The van der Waals surface area contributed by atoms with Crippen LogP contribution in [-0.2, 0) is 38.1 Å². The Morgan fingerprint density at radius 3 is 1.97 bits per heavy atom. The van der Waals surface area contributed by atoms with Crippen LogP contribution in [-0.4, -0.2) is 64.9 Å². The fraction of sp³-hybridized carbons (Fsp3) is 0.850. The lowest BCUT2D eigenvalue weighted by Gasteiger charge is -2.35. The van der Waals surface area contributed by atoms with Crippen molar-refractivity contribution in [2.45, 2.75) is 102 Å². The molecule has 0 aromatic rings. The Labute approximate surface area is 171 Å². The number of rotatable bonds is 4. The molecule has 0 bridgehead atoms. The highest BCUT2D eigenvalue weighted by atomic mass is 16.8. The van der Waals surface area contributed by atoms with E-state index in [9.17, 15) is 19.5 Å². The van der Waals surface area contributed by atoms with Gasteiger partial charge < -0.3 is 28.8 Å². The molecule has 166 valence electrons. The summed E-state index contributed by atoms with van der Waals surface area (Å²) in [4.78, 5) is 38.5. The van der Waals surface area contributed by atoms with Gasteiger partial charge in [-0.2, -0.15) is 0 Å². The lowest BCUT2D eigenvalue weighted by molar-refractivity contribution is -0.225. The maximum Gasteiger partial charge on any atom is 0.345 e. The van der Waals surface area contributed by atoms with E-state index in [2.05, 4.69) is 4.74 Å². The molecule has 1 saturated carbocycles. The van der Waals surface area contributed by atoms with Crippen LogP contribution in [0.4, 0.5) is 0 Å². The van der Waals surface area contributed by atoms with Crippen LogP contribution < -0.4 is 0 Å². The molecule has 0 aromatic heterocycles. The Morgan fingerprint density at radius 2 is 1.52 bits per heavy atom. The summed E-state index contributed by atoms with van der Waals surface area (Å²) in [5, 5.41) is 10.8. The lowest BCUT2D eigenvalue weighted by atomic mass is 9.89. The summed E-state index contributed by atoms with van der Waals surface area (Å²) in [7, 11) is 1.05. The SMILES string of the molecule is COC(=O)[C@H](O)[C@@]1(C(=O)OC(C)(C)C)OC2(CCCC2)O[C@@H]1C(=O)OC(C)(C)C. The third-order valence-electron chi connectivity index (χ3n) is 4.61. The minimum atomic E-state index is -2.45. The minimum absolute atomic E-state index is 0.394. The smallest absolute Gasteiger partial charge is 0.345 e. The Kier molecular flexibility index (Phi) is 6.38. The standard InChI is InChI=1S/C20H32O9/c1-17(2,3)27-15(23)13-20(12(21)14(22)25-7,16(24)28-18(4,5)6)29-19(26-13)10-8-9-11-19/h12-13,21H,8-11H2,1-7H3/t12-,13+,20+/m0/s1. The van der Waals surface area contributed by atoms with Gasteiger partial charge in [-0.3, -0.25) is 0 Å². The number of carbonyl (C=O) groups is 3. The first-order valence-corrected chi connectivity index (χ1v) is 9.76. The fourth-order valence-electron chi connectivity index (χ4n) is 3.50. The highest BCUT2D eigenvalue weighted by Gasteiger charge is 2.71. The Bertz CT molecular complexity index is 652. The zero-order valence-corrected chi connectivity index (χ0v) is 18.2. The van der Waals surface area contributed by atoms with E-state index >= 15 is 0 Å². The lowest BCUT2D eigenvalue weighted by Crippen LogP contribution is -2.64. The molecule has 0 radical (unpaired) electrons. The van der Waals surface area contributed by atoms with Gasteiger partial charge in [0.2, 0.25) is 11.7 Å². The molecule has 0 aromatic carbocycles. The third kappa shape index (κ3) is 4.90. The van der Waals surface area contributed by atoms with E-state index in [1.54, 1.807) is 41.5 Å². The molecule has 1 spiro atoms. The number of aliphatic hydroxyl groups is 1. The van der Waals surface area contributed by atoms with E-state index in [4.69, 9.17) is 18.9 Å². The van der Waals surface area contributed by atoms with Gasteiger partial charge in [-0.15, -0.1) is 0 Å². The van der Waals surface area contributed by atoms with E-state index < -0.39 is 52.7 Å². The molecule has 9 heteroatoms. The van der Waals surface area contributed by atoms with Gasteiger partial charge in [-0.1, -0.05) is 0 Å². The Hall–Kier alpha value is -1.71. The predicted molar refractivity (Wildman–Crippen MR) is 99.6 cm³/mol. The van der Waals surface area contributed by atoms with E-state index in [-0.39, 0.29) is 0 Å². The second-order valence-electron chi connectivity index (χ2n) is 9.47. The van der Waals surface area contributed by atoms with Gasteiger partial charge >= 0.3 is 17.9 Å². The highest BCUT2D eigenvalue weighted by molar-refractivity contribution is 5.96. The Morgan fingerprint density at radius 1 is 1.00 bits per heavy atom. The number of hydrogen-bond donors (Lipinski definition) is 1. The summed E-state index contributed by atoms with van der Waals surface area (Å²) in [6.45, 7) is 9.81. The molecule has 1 aliphatic heterocycles. The molecule has 1 saturated heterocycles. The quantitative estimate of drug-likeness (QED) is 0.539. The van der Waals surface area contributed by atoms with Gasteiger partial charge in [0, 0.05) is 12.8 Å². The van der Waals surface area contributed by atoms with Gasteiger partial charge in [0.05, 0.1) is 7.11 Å². The molecule has 1 N–H and O–H groups in total. The van der Waals surface area contributed by atoms with Gasteiger partial charge in [-0.05, 0) is 54.4 Å². The maximum absolute atomic E-state index is 13.3. The molecule has 0 amide bonds. The summed E-state index contributed by atoms with van der Waals surface area (Å²) < 4.78 is 27.4. The molecule has 29 heavy (non-hydrogen) atoms. The van der Waals surface area contributed by atoms with Crippen LogP contribution in [0.3, 0.4) is 0 Å². The number of ether oxygens (including phenoxy) is 5. The van der Waals surface area contributed by atoms with Crippen molar-refractivity contribution in [1.82, 2.24) is 0 Å². The first-order chi connectivity index (χ1) is 13.2. The van der Waals surface area contributed by atoms with Crippen LogP contribution in [0.25, 0.3) is 0 Å². The molecule has 2 aliphatic rings. The van der Waals surface area contributed by atoms with Crippen molar-refractivity contribution in [3.63, 3.8) is 0 Å². The summed E-state index contributed by atoms with van der Waals surface area (Å²) in [5.74, 6) is -4.48. The van der Waals surface area contributed by atoms with E-state index in [0.29, 0.717) is 12.8 Å². The third-order valence-corrected chi connectivity index (χ3v) is 4.61. The zero-order valence-electron chi connectivity index (χ0n) is 18.2. The molecule has 1 heterocycles. The highest BCUT2D eigenvalue weighted by Crippen LogP contribution is 2.49. The summed E-state index contributed by atoms with van der Waals surface area (Å²) in [5.41, 5.74) is -4.33. The van der Waals surface area contributed by atoms with Gasteiger partial charge in [0.25, 0.3) is 0 Å². The number of methoxy groups -OCH3 is 1. The van der Waals surface area contributed by atoms with Crippen LogP contribution in [0, 0.1) is 0 Å². The first kappa shape index (κ1) is 23.6. The van der Waals surface area contributed by atoms with Crippen molar-refractivity contribution in [3.8, 4) is 0 Å². The Balaban J connectivity index is 2.58. The van der Waals surface area contributed by atoms with E-state index in [1.807, 2.05) is 0 Å². The van der Waals surface area contributed by atoms with Crippen molar-refractivity contribution in [1.29, 1.82) is 0 Å². The molecule has 3 atom stereocenters. The van der Waals surface area contributed by atoms with Crippen molar-refractivity contribution >= 4 is 17.9 Å². The fourth-order valence-corrected chi connectivity index (χ4v) is 3.50. The van der Waals surface area contributed by atoms with Crippen LogP contribution in [0.2, 0.25) is 0 Å². The molecule has 2 fully saturated rings. The van der Waals surface area contributed by atoms with Crippen molar-refractivity contribution in [3.05, 3.63) is 0 Å². The number of aliphatic hydroxyl groups excluding tert-OH is 1. The molecule has 9 nitrogen and oxygen atoms in total. The largest absolute Gasteiger partial charge is 0.467 e. The zero-order chi connectivity index (χ0) is 22.3. The summed E-state index contributed by atoms with van der Waals surface area (Å²) >= 11 is 0. The monoisotopic (exact) mass is 416 g/mol. The summed E-state index contributed by atoms with van der Waals surface area (Å²) in [6.07, 6.45) is -1.60. The molecular weight excluding hydrogens is 384 g/mol. The molecular formula is C20H32O9. The van der Waals surface area contributed by atoms with E-state index in [1.165, 1.54) is 0 Å². The number of carbonyl (C=O) groups excluding carboxylic acids is 3. The predicted octanol–water partition coefficient (Wildman–Crippen LogP) is 1.63. The van der Waals surface area contributed by atoms with Gasteiger partial charge in [-0.25, -0.2) is 14.4 Å².